The van der Waals surface area contributed by atoms with Crippen LogP contribution in [0.15, 0.2) is 60.7 Å². The molecular formula is C23H23FN2O2. The molecule has 1 N–H and O–H groups in total. The number of rotatable bonds is 5. The van der Waals surface area contributed by atoms with Crippen molar-refractivity contribution in [1.82, 2.24) is 10.2 Å². The molecule has 1 heterocycles. The molecular weight excluding hydrogens is 355 g/mol. The number of hydrogen-bond acceptors (Lipinski definition) is 3. The van der Waals surface area contributed by atoms with Gasteiger partial charge in [0.25, 0.3) is 5.91 Å². The van der Waals surface area contributed by atoms with Crippen molar-refractivity contribution in [3.05, 3.63) is 72.0 Å². The lowest BCUT2D eigenvalue weighted by atomic mass is 9.94. The number of amides is 1. The van der Waals surface area contributed by atoms with Gasteiger partial charge in [-0.25, -0.2) is 4.39 Å². The zero-order chi connectivity index (χ0) is 19.3. The van der Waals surface area contributed by atoms with Gasteiger partial charge in [-0.15, -0.1) is 0 Å². The Bertz CT molecular complexity index is 983. The van der Waals surface area contributed by atoms with Gasteiger partial charge in [0.2, 0.25) is 0 Å². The minimum atomic E-state index is -0.268. The number of benzene rings is 3. The molecule has 1 aliphatic rings. The van der Waals surface area contributed by atoms with E-state index in [2.05, 4.69) is 10.2 Å². The molecule has 0 unspecified atom stereocenters. The molecule has 1 aliphatic heterocycles. The van der Waals surface area contributed by atoms with Crippen molar-refractivity contribution in [2.75, 3.05) is 39.4 Å². The monoisotopic (exact) mass is 378 g/mol. The average Bonchev–Trinajstić information content (AvgIpc) is 2.74. The maximum Gasteiger partial charge on any atom is 0.251 e. The number of hydrogen-bond donors (Lipinski definition) is 1. The first-order valence-electron chi connectivity index (χ1n) is 9.59. The maximum atomic E-state index is 14.3. The molecule has 0 bridgehead atoms. The van der Waals surface area contributed by atoms with Crippen molar-refractivity contribution in [2.24, 2.45) is 0 Å². The highest BCUT2D eigenvalue weighted by molar-refractivity contribution is 6.11. The van der Waals surface area contributed by atoms with E-state index in [1.54, 1.807) is 18.2 Å². The van der Waals surface area contributed by atoms with Gasteiger partial charge in [-0.2, -0.15) is 0 Å². The van der Waals surface area contributed by atoms with Crippen LogP contribution in [-0.2, 0) is 4.74 Å². The second kappa shape index (κ2) is 8.50. The van der Waals surface area contributed by atoms with Crippen LogP contribution in [0.4, 0.5) is 4.39 Å². The Kier molecular flexibility index (Phi) is 5.65. The van der Waals surface area contributed by atoms with E-state index in [1.165, 1.54) is 6.07 Å². The summed E-state index contributed by atoms with van der Waals surface area (Å²) >= 11 is 0. The van der Waals surface area contributed by atoms with Gasteiger partial charge in [0, 0.05) is 37.3 Å². The molecule has 4 rings (SSSR count). The Morgan fingerprint density at radius 1 is 0.929 bits per heavy atom. The van der Waals surface area contributed by atoms with Crippen LogP contribution in [0, 0.1) is 5.82 Å². The van der Waals surface area contributed by atoms with Crippen LogP contribution >= 0.6 is 0 Å². The molecule has 0 atom stereocenters. The average molecular weight is 378 g/mol. The van der Waals surface area contributed by atoms with Gasteiger partial charge in [0.1, 0.15) is 5.82 Å². The standard InChI is InChI=1S/C23H23FN2O2/c24-22-8-4-3-7-20(22)19-9-10-21(18-6-2-1-5-17(18)19)23(27)25-11-12-26-13-15-28-16-14-26/h1-10H,11-16H2,(H,25,27). The summed E-state index contributed by atoms with van der Waals surface area (Å²) in [7, 11) is 0. The van der Waals surface area contributed by atoms with Crippen LogP contribution in [0.25, 0.3) is 21.9 Å². The summed E-state index contributed by atoms with van der Waals surface area (Å²) in [4.78, 5) is 15.1. The van der Waals surface area contributed by atoms with E-state index >= 15 is 0 Å². The van der Waals surface area contributed by atoms with Crippen molar-refractivity contribution in [3.63, 3.8) is 0 Å². The lowest BCUT2D eigenvalue weighted by molar-refractivity contribution is 0.0383. The Labute approximate surface area is 163 Å². The largest absolute Gasteiger partial charge is 0.379 e. The summed E-state index contributed by atoms with van der Waals surface area (Å²) in [5, 5.41) is 4.71. The molecule has 1 fully saturated rings. The number of ether oxygens (including phenoxy) is 1. The number of nitrogens with one attached hydrogen (secondary N) is 1. The summed E-state index contributed by atoms with van der Waals surface area (Å²) in [5.74, 6) is -0.375. The molecule has 144 valence electrons. The van der Waals surface area contributed by atoms with Crippen molar-refractivity contribution >= 4 is 16.7 Å². The predicted octanol–water partition coefficient (Wildman–Crippen LogP) is 3.71. The van der Waals surface area contributed by atoms with Crippen LogP contribution < -0.4 is 5.32 Å². The Morgan fingerprint density at radius 2 is 1.64 bits per heavy atom. The highest BCUT2D eigenvalue weighted by Crippen LogP contribution is 2.32. The Morgan fingerprint density at radius 3 is 2.43 bits per heavy atom. The van der Waals surface area contributed by atoms with Gasteiger partial charge in [0.05, 0.1) is 13.2 Å². The highest BCUT2D eigenvalue weighted by atomic mass is 19.1. The number of carbonyl (C=O) groups is 1. The van der Waals surface area contributed by atoms with Gasteiger partial charge in [-0.3, -0.25) is 9.69 Å². The normalized spacial score (nSPS) is 14.9. The third-order valence-corrected chi connectivity index (χ3v) is 5.15. The molecule has 1 amide bonds. The van der Waals surface area contributed by atoms with E-state index in [0.29, 0.717) is 17.7 Å². The summed E-state index contributed by atoms with van der Waals surface area (Å²) in [5.41, 5.74) is 1.94. The lowest BCUT2D eigenvalue weighted by Gasteiger charge is -2.26. The second-order valence-electron chi connectivity index (χ2n) is 6.90. The number of carbonyl (C=O) groups excluding carboxylic acids is 1. The van der Waals surface area contributed by atoms with Crippen LogP contribution in [0.2, 0.25) is 0 Å². The van der Waals surface area contributed by atoms with Crippen molar-refractivity contribution < 1.29 is 13.9 Å². The minimum absolute atomic E-state index is 0.107. The van der Waals surface area contributed by atoms with E-state index in [9.17, 15) is 9.18 Å². The van der Waals surface area contributed by atoms with Crippen LogP contribution in [0.3, 0.4) is 0 Å². The second-order valence-corrected chi connectivity index (χ2v) is 6.90. The number of halogens is 1. The summed E-state index contributed by atoms with van der Waals surface area (Å²) < 4.78 is 19.7. The zero-order valence-electron chi connectivity index (χ0n) is 15.7. The highest BCUT2D eigenvalue weighted by Gasteiger charge is 2.15. The number of morpholine rings is 1. The van der Waals surface area contributed by atoms with Gasteiger partial charge in [-0.05, 0) is 28.5 Å². The zero-order valence-corrected chi connectivity index (χ0v) is 15.7. The molecule has 3 aromatic rings. The fraction of sp³-hybridized carbons (Fsp3) is 0.261. The molecule has 5 heteroatoms. The van der Waals surface area contributed by atoms with Gasteiger partial charge in [-0.1, -0.05) is 48.5 Å². The molecule has 0 radical (unpaired) electrons. The predicted molar refractivity (Wildman–Crippen MR) is 109 cm³/mol. The summed E-state index contributed by atoms with van der Waals surface area (Å²) in [6, 6.07) is 18.0. The van der Waals surface area contributed by atoms with Gasteiger partial charge < -0.3 is 10.1 Å². The first-order chi connectivity index (χ1) is 13.7. The third-order valence-electron chi connectivity index (χ3n) is 5.15. The van der Waals surface area contributed by atoms with E-state index in [-0.39, 0.29) is 11.7 Å². The van der Waals surface area contributed by atoms with Crippen LogP contribution in [-0.4, -0.2) is 50.2 Å². The molecule has 28 heavy (non-hydrogen) atoms. The molecule has 4 nitrogen and oxygen atoms in total. The van der Waals surface area contributed by atoms with Crippen molar-refractivity contribution in [2.45, 2.75) is 0 Å². The van der Waals surface area contributed by atoms with E-state index in [4.69, 9.17) is 4.74 Å². The number of fused-ring (bicyclic) bond motifs is 1. The van der Waals surface area contributed by atoms with Crippen LogP contribution in [0.5, 0.6) is 0 Å². The fourth-order valence-corrected chi connectivity index (χ4v) is 3.66. The van der Waals surface area contributed by atoms with E-state index in [0.717, 1.165) is 49.2 Å². The lowest BCUT2D eigenvalue weighted by Crippen LogP contribution is -2.41. The summed E-state index contributed by atoms with van der Waals surface area (Å²) in [6.07, 6.45) is 0. The Balaban J connectivity index is 1.57. The van der Waals surface area contributed by atoms with Crippen molar-refractivity contribution in [3.8, 4) is 11.1 Å². The molecule has 0 aliphatic carbocycles. The smallest absolute Gasteiger partial charge is 0.251 e. The Hall–Kier alpha value is -2.76. The number of nitrogens with zero attached hydrogens (tertiary/aromatic N) is 1. The molecule has 0 saturated carbocycles. The molecule has 0 spiro atoms. The maximum absolute atomic E-state index is 14.3. The van der Waals surface area contributed by atoms with Crippen LogP contribution in [0.1, 0.15) is 10.4 Å². The minimum Gasteiger partial charge on any atom is -0.379 e. The first kappa shape index (κ1) is 18.6. The third kappa shape index (κ3) is 3.91. The molecule has 1 saturated heterocycles. The van der Waals surface area contributed by atoms with E-state index in [1.807, 2.05) is 36.4 Å². The topological polar surface area (TPSA) is 41.6 Å². The fourth-order valence-electron chi connectivity index (χ4n) is 3.66. The molecule has 3 aromatic carbocycles. The van der Waals surface area contributed by atoms with Gasteiger partial charge in [0.15, 0.2) is 0 Å². The first-order valence-corrected chi connectivity index (χ1v) is 9.59. The summed E-state index contributed by atoms with van der Waals surface area (Å²) in [6.45, 7) is 4.68. The quantitative estimate of drug-likeness (QED) is 0.736. The SMILES string of the molecule is O=C(NCCN1CCOCC1)c1ccc(-c2ccccc2F)c2ccccc12. The van der Waals surface area contributed by atoms with Crippen molar-refractivity contribution in [1.29, 1.82) is 0 Å². The molecule has 0 aromatic heterocycles. The van der Waals surface area contributed by atoms with E-state index < -0.39 is 0 Å². The van der Waals surface area contributed by atoms with Gasteiger partial charge >= 0.3 is 0 Å².